The van der Waals surface area contributed by atoms with Crippen LogP contribution in [0.2, 0.25) is 0 Å². The van der Waals surface area contributed by atoms with E-state index in [2.05, 4.69) is 6.92 Å². The number of allylic oxidation sites excluding steroid dienone is 2. The van der Waals surface area contributed by atoms with Crippen molar-refractivity contribution < 1.29 is 4.79 Å². The molecule has 0 amide bonds. The van der Waals surface area contributed by atoms with Gasteiger partial charge in [-0.25, -0.2) is 0 Å². The summed E-state index contributed by atoms with van der Waals surface area (Å²) in [4.78, 5) is 11.2. The Hall–Kier alpha value is -0.590. The Bertz CT molecular complexity index is 237. The lowest BCUT2D eigenvalue weighted by molar-refractivity contribution is -0.118. The Labute approximate surface area is 73.8 Å². The summed E-state index contributed by atoms with van der Waals surface area (Å²) in [6.07, 6.45) is 6.49. The van der Waals surface area contributed by atoms with Crippen LogP contribution < -0.4 is 0 Å². The lowest BCUT2D eigenvalue weighted by atomic mass is 9.76. The summed E-state index contributed by atoms with van der Waals surface area (Å²) < 4.78 is 0. The van der Waals surface area contributed by atoms with Crippen molar-refractivity contribution in [3.05, 3.63) is 11.1 Å². The van der Waals surface area contributed by atoms with E-state index in [-0.39, 0.29) is 0 Å². The number of rotatable bonds is 0. The van der Waals surface area contributed by atoms with Gasteiger partial charge in [0, 0.05) is 12.8 Å². The second-order valence-electron chi connectivity index (χ2n) is 4.14. The van der Waals surface area contributed by atoms with Crippen molar-refractivity contribution in [3.8, 4) is 0 Å². The molecule has 0 aromatic heterocycles. The Morgan fingerprint density at radius 1 is 1.25 bits per heavy atom. The van der Waals surface area contributed by atoms with Crippen molar-refractivity contribution in [2.45, 2.75) is 45.4 Å². The van der Waals surface area contributed by atoms with Gasteiger partial charge in [0.05, 0.1) is 0 Å². The largest absolute Gasteiger partial charge is 0.299 e. The van der Waals surface area contributed by atoms with Gasteiger partial charge in [-0.1, -0.05) is 18.1 Å². The van der Waals surface area contributed by atoms with Crippen LogP contribution in [0.1, 0.15) is 45.4 Å². The van der Waals surface area contributed by atoms with E-state index < -0.39 is 0 Å². The normalized spacial score (nSPS) is 30.4. The molecular weight excluding hydrogens is 148 g/mol. The summed E-state index contributed by atoms with van der Waals surface area (Å²) in [6, 6.07) is 0. The first-order chi connectivity index (χ1) is 5.77. The van der Waals surface area contributed by atoms with E-state index in [1.54, 1.807) is 5.57 Å². The van der Waals surface area contributed by atoms with Gasteiger partial charge in [0.15, 0.2) is 0 Å². The van der Waals surface area contributed by atoms with E-state index >= 15 is 0 Å². The van der Waals surface area contributed by atoms with Crippen molar-refractivity contribution in [2.24, 2.45) is 5.92 Å². The molecule has 0 heterocycles. The molecule has 0 N–H and O–H groups in total. The molecule has 12 heavy (non-hydrogen) atoms. The number of ketones is 1. The predicted octanol–water partition coefficient (Wildman–Crippen LogP) is 2.86. The predicted molar refractivity (Wildman–Crippen MR) is 48.9 cm³/mol. The summed E-state index contributed by atoms with van der Waals surface area (Å²) in [7, 11) is 0. The molecule has 0 spiro atoms. The maximum atomic E-state index is 11.2. The lowest BCUT2D eigenvalue weighted by Crippen LogP contribution is -2.17. The van der Waals surface area contributed by atoms with Crippen LogP contribution >= 0.6 is 0 Å². The van der Waals surface area contributed by atoms with E-state index in [0.717, 1.165) is 25.2 Å². The standard InChI is InChI=1S/C11H16O/c1-8-3-2-4-9-7-10(12)5-6-11(8)9/h8H,2-7H2,1H3. The van der Waals surface area contributed by atoms with Gasteiger partial charge < -0.3 is 0 Å². The van der Waals surface area contributed by atoms with E-state index in [1.807, 2.05) is 0 Å². The second-order valence-corrected chi connectivity index (χ2v) is 4.14. The van der Waals surface area contributed by atoms with Crippen molar-refractivity contribution in [1.29, 1.82) is 0 Å². The van der Waals surface area contributed by atoms with Crippen LogP contribution in [-0.2, 0) is 4.79 Å². The lowest BCUT2D eigenvalue weighted by Gasteiger charge is -2.29. The number of hydrogen-bond donors (Lipinski definition) is 0. The smallest absolute Gasteiger partial charge is 0.137 e. The molecular formula is C11H16O. The molecule has 0 fully saturated rings. The highest BCUT2D eigenvalue weighted by molar-refractivity contribution is 5.82. The number of Topliss-reactive ketones (excluding diaryl/α,β-unsaturated/α-hetero) is 1. The second kappa shape index (κ2) is 3.04. The zero-order chi connectivity index (χ0) is 8.55. The molecule has 0 aliphatic heterocycles. The summed E-state index contributed by atoms with van der Waals surface area (Å²) in [5.74, 6) is 1.23. The minimum absolute atomic E-state index is 0.461. The molecule has 0 radical (unpaired) electrons. The molecule has 66 valence electrons. The molecule has 2 rings (SSSR count). The first-order valence-corrected chi connectivity index (χ1v) is 5.00. The van der Waals surface area contributed by atoms with E-state index in [0.29, 0.717) is 5.78 Å². The molecule has 0 saturated carbocycles. The minimum atomic E-state index is 0.461. The van der Waals surface area contributed by atoms with Crippen LogP contribution in [0, 0.1) is 5.92 Å². The van der Waals surface area contributed by atoms with Crippen molar-refractivity contribution in [3.63, 3.8) is 0 Å². The molecule has 2 aliphatic carbocycles. The van der Waals surface area contributed by atoms with E-state index in [1.165, 1.54) is 24.8 Å². The average Bonchev–Trinajstić information content (AvgIpc) is 2.04. The van der Waals surface area contributed by atoms with Gasteiger partial charge in [0.1, 0.15) is 5.78 Å². The Balaban J connectivity index is 2.24. The third kappa shape index (κ3) is 1.33. The van der Waals surface area contributed by atoms with Crippen molar-refractivity contribution >= 4 is 5.78 Å². The van der Waals surface area contributed by atoms with Crippen LogP contribution in [0.4, 0.5) is 0 Å². The molecule has 0 aromatic rings. The molecule has 1 unspecified atom stereocenters. The van der Waals surface area contributed by atoms with Crippen LogP contribution in [0.25, 0.3) is 0 Å². The Morgan fingerprint density at radius 3 is 2.92 bits per heavy atom. The van der Waals surface area contributed by atoms with E-state index in [4.69, 9.17) is 0 Å². The van der Waals surface area contributed by atoms with Crippen LogP contribution in [0.3, 0.4) is 0 Å². The monoisotopic (exact) mass is 164 g/mol. The highest BCUT2D eigenvalue weighted by Gasteiger charge is 2.24. The quantitative estimate of drug-likeness (QED) is 0.503. The number of carbonyl (C=O) groups excluding carboxylic acids is 1. The van der Waals surface area contributed by atoms with Crippen LogP contribution in [0.15, 0.2) is 11.1 Å². The fourth-order valence-electron chi connectivity index (χ4n) is 2.53. The highest BCUT2D eigenvalue weighted by Crippen LogP contribution is 2.37. The zero-order valence-corrected chi connectivity index (χ0v) is 7.73. The average molecular weight is 164 g/mol. The molecule has 1 atom stereocenters. The fourth-order valence-corrected chi connectivity index (χ4v) is 2.53. The molecule has 2 aliphatic rings. The topological polar surface area (TPSA) is 17.1 Å². The summed E-state index contributed by atoms with van der Waals surface area (Å²) in [5, 5.41) is 0. The van der Waals surface area contributed by atoms with Gasteiger partial charge in [0.2, 0.25) is 0 Å². The fraction of sp³-hybridized carbons (Fsp3) is 0.727. The SMILES string of the molecule is CC1CCCC2=C1CCC(=O)C2. The third-order valence-electron chi connectivity index (χ3n) is 3.25. The maximum absolute atomic E-state index is 11.2. The molecule has 0 bridgehead atoms. The van der Waals surface area contributed by atoms with Crippen molar-refractivity contribution in [1.82, 2.24) is 0 Å². The highest BCUT2D eigenvalue weighted by atomic mass is 16.1. The maximum Gasteiger partial charge on any atom is 0.137 e. The van der Waals surface area contributed by atoms with Crippen LogP contribution in [0.5, 0.6) is 0 Å². The molecule has 0 saturated heterocycles. The molecule has 0 aromatic carbocycles. The van der Waals surface area contributed by atoms with Gasteiger partial charge >= 0.3 is 0 Å². The first-order valence-electron chi connectivity index (χ1n) is 5.00. The third-order valence-corrected chi connectivity index (χ3v) is 3.25. The summed E-state index contributed by atoms with van der Waals surface area (Å²) >= 11 is 0. The van der Waals surface area contributed by atoms with E-state index in [9.17, 15) is 4.79 Å². The van der Waals surface area contributed by atoms with Crippen molar-refractivity contribution in [2.75, 3.05) is 0 Å². The summed E-state index contributed by atoms with van der Waals surface area (Å²) in [5.41, 5.74) is 3.12. The van der Waals surface area contributed by atoms with Crippen LogP contribution in [-0.4, -0.2) is 5.78 Å². The molecule has 1 heteroatoms. The van der Waals surface area contributed by atoms with Gasteiger partial charge in [-0.05, 0) is 31.6 Å². The minimum Gasteiger partial charge on any atom is -0.299 e. The zero-order valence-electron chi connectivity index (χ0n) is 7.73. The van der Waals surface area contributed by atoms with Gasteiger partial charge in [-0.15, -0.1) is 0 Å². The Kier molecular flexibility index (Phi) is 2.03. The summed E-state index contributed by atoms with van der Waals surface area (Å²) in [6.45, 7) is 2.31. The van der Waals surface area contributed by atoms with Gasteiger partial charge in [-0.3, -0.25) is 4.79 Å². The van der Waals surface area contributed by atoms with Gasteiger partial charge in [-0.2, -0.15) is 0 Å². The Morgan fingerprint density at radius 2 is 2.08 bits per heavy atom. The van der Waals surface area contributed by atoms with Gasteiger partial charge in [0.25, 0.3) is 0 Å². The molecule has 1 nitrogen and oxygen atoms in total. The first kappa shape index (κ1) is 8.03. The number of hydrogen-bond acceptors (Lipinski definition) is 1. The number of carbonyl (C=O) groups is 1.